The van der Waals surface area contributed by atoms with Gasteiger partial charge in [-0.3, -0.25) is 0 Å². The summed E-state index contributed by atoms with van der Waals surface area (Å²) in [6.45, 7) is 9.56. The first kappa shape index (κ1) is 82.5. The second kappa shape index (κ2) is 273. The van der Waals surface area contributed by atoms with Crippen molar-refractivity contribution in [1.29, 1.82) is 0 Å². The molecule has 0 aromatic heterocycles. The molecule has 0 aromatic carbocycles. The third kappa shape index (κ3) is 309000. The van der Waals surface area contributed by atoms with Gasteiger partial charge in [0, 0.05) is 0 Å². The minimum Gasteiger partial charge on any atom is -0.331 e. The van der Waals surface area contributed by atoms with Crippen molar-refractivity contribution in [1.82, 2.24) is 0 Å². The first-order chi connectivity index (χ1) is 4.24. The molecule has 0 bridgehead atoms. The van der Waals surface area contributed by atoms with Gasteiger partial charge in [0.1, 0.15) is 0 Å². The van der Waals surface area contributed by atoms with Gasteiger partial charge in [0.05, 0.1) is 0 Å². The molecule has 108 valence electrons. The largest absolute Gasteiger partial charge is 0.331 e. The standard InChI is InChI=1S/C3H8.2C2H7N.6CH4/c1-3-2;2*1-2-3;;;;;;/h3H2,1-2H3;2*2-3H2,1H3;6*1H4. The van der Waals surface area contributed by atoms with E-state index in [2.05, 4.69) is 13.8 Å². The van der Waals surface area contributed by atoms with Crippen molar-refractivity contribution in [2.24, 2.45) is 11.5 Å². The highest BCUT2D eigenvalue weighted by molar-refractivity contribution is 4.00. The number of nitrogens with two attached hydrogens (primary N) is 2. The van der Waals surface area contributed by atoms with Crippen molar-refractivity contribution in [2.45, 2.75) is 78.7 Å². The summed E-state index contributed by atoms with van der Waals surface area (Å²) in [4.78, 5) is 0. The van der Waals surface area contributed by atoms with E-state index in [4.69, 9.17) is 11.5 Å². The van der Waals surface area contributed by atoms with Crippen LogP contribution in [0.5, 0.6) is 0 Å². The van der Waals surface area contributed by atoms with Gasteiger partial charge in [0.2, 0.25) is 0 Å². The molecule has 4 N–H and O–H groups in total. The molecule has 0 fully saturated rings. The molecule has 15 heavy (non-hydrogen) atoms. The summed E-state index contributed by atoms with van der Waals surface area (Å²) in [7, 11) is 0. The summed E-state index contributed by atoms with van der Waals surface area (Å²) in [5.41, 5.74) is 9.69. The zero-order valence-electron chi connectivity index (χ0n) is 7.28. The molecule has 0 spiro atoms. The highest BCUT2D eigenvalue weighted by atomic mass is 14.5. The number of hydrogen-bond donors (Lipinski definition) is 2. The highest BCUT2D eigenvalue weighted by Gasteiger charge is 1.35. The van der Waals surface area contributed by atoms with Crippen molar-refractivity contribution >= 4 is 0 Å². The summed E-state index contributed by atoms with van der Waals surface area (Å²) >= 11 is 0. The Morgan fingerprint density at radius 1 is 0.533 bits per heavy atom. The zero-order valence-corrected chi connectivity index (χ0v) is 7.28. The van der Waals surface area contributed by atoms with Crippen LogP contribution >= 0.6 is 0 Å². The minimum atomic E-state index is 0. The topological polar surface area (TPSA) is 52.0 Å². The van der Waals surface area contributed by atoms with E-state index in [9.17, 15) is 0 Å². The average molecular weight is 231 g/mol. The van der Waals surface area contributed by atoms with Crippen LogP contribution in [0.3, 0.4) is 0 Å². The average Bonchev–Trinajstić information content (AvgIpc) is 1.70. The Labute approximate surface area is 104 Å². The van der Waals surface area contributed by atoms with Crippen LogP contribution in [-0.2, 0) is 0 Å². The molecule has 0 radical (unpaired) electrons. The maximum absolute atomic E-state index is 4.85. The molecule has 0 heterocycles. The Bertz CT molecular complexity index is 13.3. The molecule has 2 nitrogen and oxygen atoms in total. The van der Waals surface area contributed by atoms with Gasteiger partial charge in [-0.05, 0) is 13.1 Å². The fourth-order valence-corrected chi connectivity index (χ4v) is 0. The monoisotopic (exact) mass is 230 g/mol. The summed E-state index contributed by atoms with van der Waals surface area (Å²) in [5, 5.41) is 0. The Kier molecular flexibility index (Phi) is 1500. The van der Waals surface area contributed by atoms with Gasteiger partial charge in [-0.15, -0.1) is 0 Å². The first-order valence-electron chi connectivity index (χ1n) is 3.64. The maximum Gasteiger partial charge on any atom is -0.0106 e. The first-order valence-corrected chi connectivity index (χ1v) is 3.64. The van der Waals surface area contributed by atoms with Gasteiger partial charge in [-0.25, -0.2) is 0 Å². The predicted molar refractivity (Wildman–Crippen MR) is 85.8 cm³/mol. The normalized spacial score (nSPS) is 3.60. The van der Waals surface area contributed by atoms with Crippen LogP contribution in [0.25, 0.3) is 0 Å². The molecule has 0 atom stereocenters. The van der Waals surface area contributed by atoms with Gasteiger partial charge >= 0.3 is 0 Å². The van der Waals surface area contributed by atoms with Gasteiger partial charge < -0.3 is 11.5 Å². The van der Waals surface area contributed by atoms with Gasteiger partial charge in [0.15, 0.2) is 0 Å². The van der Waals surface area contributed by atoms with Crippen LogP contribution in [0.1, 0.15) is 78.7 Å². The summed E-state index contributed by atoms with van der Waals surface area (Å²) in [6.07, 6.45) is 1.25. The molecule has 0 aliphatic rings. The van der Waals surface area contributed by atoms with E-state index >= 15 is 0 Å². The Hall–Kier alpha value is -0.0800. The van der Waals surface area contributed by atoms with Crippen molar-refractivity contribution in [3.8, 4) is 0 Å². The SMILES string of the molecule is C.C.C.C.C.C.CCC.CCN.CCN. The number of rotatable bonds is 0. The van der Waals surface area contributed by atoms with Gasteiger partial charge in [-0.1, -0.05) is 78.7 Å². The van der Waals surface area contributed by atoms with E-state index < -0.39 is 0 Å². The quantitative estimate of drug-likeness (QED) is 0.604. The highest BCUT2D eigenvalue weighted by Crippen LogP contribution is 1.56. The van der Waals surface area contributed by atoms with E-state index in [0.29, 0.717) is 0 Å². The molecular formula is C13H46N2. The molecule has 0 aliphatic carbocycles. The Morgan fingerprint density at radius 2 is 0.533 bits per heavy atom. The third-order valence-electron chi connectivity index (χ3n) is 0. The van der Waals surface area contributed by atoms with E-state index in [1.54, 1.807) is 0 Å². The Balaban J connectivity index is -0.00000000429. The fourth-order valence-electron chi connectivity index (χ4n) is 0. The summed E-state index contributed by atoms with van der Waals surface area (Å²) < 4.78 is 0. The lowest BCUT2D eigenvalue weighted by Crippen LogP contribution is -1.87. The molecule has 0 saturated carbocycles. The van der Waals surface area contributed by atoms with Crippen molar-refractivity contribution in [3.05, 3.63) is 0 Å². The molecular weight excluding hydrogens is 184 g/mol. The number of hydrogen-bond acceptors (Lipinski definition) is 2. The van der Waals surface area contributed by atoms with Crippen LogP contribution in [0.15, 0.2) is 0 Å². The van der Waals surface area contributed by atoms with Crippen LogP contribution in [0.4, 0.5) is 0 Å². The van der Waals surface area contributed by atoms with Crippen LogP contribution in [-0.4, -0.2) is 13.1 Å². The third-order valence-corrected chi connectivity index (χ3v) is 0. The van der Waals surface area contributed by atoms with E-state index in [1.165, 1.54) is 6.42 Å². The lowest BCUT2D eigenvalue weighted by Gasteiger charge is -1.53. The smallest absolute Gasteiger partial charge is 0.0106 e. The second-order valence-corrected chi connectivity index (χ2v) is 1.52. The Morgan fingerprint density at radius 3 is 0.533 bits per heavy atom. The van der Waals surface area contributed by atoms with Crippen molar-refractivity contribution in [2.75, 3.05) is 13.1 Å². The summed E-state index contributed by atoms with van der Waals surface area (Å²) in [6, 6.07) is 0. The van der Waals surface area contributed by atoms with Crippen molar-refractivity contribution < 1.29 is 0 Å². The van der Waals surface area contributed by atoms with Crippen molar-refractivity contribution in [3.63, 3.8) is 0 Å². The van der Waals surface area contributed by atoms with Crippen LogP contribution in [0, 0.1) is 0 Å². The minimum absolute atomic E-state index is 0. The lowest BCUT2D eigenvalue weighted by atomic mass is 10.6. The fraction of sp³-hybridized carbons (Fsp3) is 1.00. The maximum atomic E-state index is 4.85. The molecule has 0 unspecified atom stereocenters. The molecule has 0 rings (SSSR count). The predicted octanol–water partition coefficient (Wildman–Crippen LogP) is 5.16. The van der Waals surface area contributed by atoms with Crippen LogP contribution < -0.4 is 11.5 Å². The van der Waals surface area contributed by atoms with E-state index in [-0.39, 0.29) is 44.6 Å². The van der Waals surface area contributed by atoms with Gasteiger partial charge in [0.25, 0.3) is 0 Å². The second-order valence-electron chi connectivity index (χ2n) is 1.52. The summed E-state index contributed by atoms with van der Waals surface area (Å²) in [5.74, 6) is 0. The lowest BCUT2D eigenvalue weighted by molar-refractivity contribution is 1.09. The molecule has 0 aliphatic heterocycles. The molecule has 0 amide bonds. The van der Waals surface area contributed by atoms with E-state index in [0.717, 1.165) is 13.1 Å². The van der Waals surface area contributed by atoms with Crippen LogP contribution in [0.2, 0.25) is 0 Å². The molecule has 0 saturated heterocycles. The molecule has 2 heteroatoms. The molecule has 0 aromatic rings. The van der Waals surface area contributed by atoms with Gasteiger partial charge in [-0.2, -0.15) is 0 Å². The zero-order chi connectivity index (χ0) is 8.12. The van der Waals surface area contributed by atoms with E-state index in [1.807, 2.05) is 13.8 Å².